The van der Waals surface area contributed by atoms with Crippen molar-refractivity contribution in [1.29, 1.82) is 0 Å². The van der Waals surface area contributed by atoms with Gasteiger partial charge >= 0.3 is 11.9 Å². The highest BCUT2D eigenvalue weighted by Gasteiger charge is 2.44. The molecule has 1 aliphatic rings. The Labute approximate surface area is 152 Å². The first-order chi connectivity index (χ1) is 12.5. The van der Waals surface area contributed by atoms with Crippen LogP contribution in [0.3, 0.4) is 0 Å². The van der Waals surface area contributed by atoms with E-state index in [9.17, 15) is 19.2 Å². The Kier molecular flexibility index (Phi) is 6.89. The Bertz CT molecular complexity index is 654. The van der Waals surface area contributed by atoms with Gasteiger partial charge in [-0.3, -0.25) is 19.2 Å². The van der Waals surface area contributed by atoms with Gasteiger partial charge in [0.2, 0.25) is 11.8 Å². The molecule has 0 N–H and O–H groups in total. The fourth-order valence-electron chi connectivity index (χ4n) is 2.93. The molecule has 1 amide bonds. The fourth-order valence-corrected chi connectivity index (χ4v) is 2.93. The van der Waals surface area contributed by atoms with Crippen LogP contribution < -0.4 is 0 Å². The van der Waals surface area contributed by atoms with Crippen molar-refractivity contribution < 1.29 is 28.7 Å². The lowest BCUT2D eigenvalue weighted by Gasteiger charge is -2.18. The smallest absolute Gasteiger partial charge is 0.328 e. The zero-order chi connectivity index (χ0) is 19.1. The van der Waals surface area contributed by atoms with Gasteiger partial charge in [-0.05, 0) is 19.4 Å². The maximum Gasteiger partial charge on any atom is 0.328 e. The first-order valence-electron chi connectivity index (χ1n) is 8.66. The van der Waals surface area contributed by atoms with Crippen molar-refractivity contribution in [1.82, 2.24) is 4.90 Å². The zero-order valence-corrected chi connectivity index (χ0v) is 15.0. The number of ether oxygens (including phenoxy) is 2. The average Bonchev–Trinajstić information content (AvgIpc) is 2.97. The largest absolute Gasteiger partial charge is 0.465 e. The third-order valence-corrected chi connectivity index (χ3v) is 4.16. The number of Topliss-reactive ketones (excluding diaryl/α,β-unsaturated/α-hetero) is 1. The van der Waals surface area contributed by atoms with Crippen LogP contribution >= 0.6 is 0 Å². The van der Waals surface area contributed by atoms with Gasteiger partial charge in [0.1, 0.15) is 0 Å². The molecule has 1 aromatic carbocycles. The number of carbonyl (C=O) groups is 4. The number of amides is 1. The summed E-state index contributed by atoms with van der Waals surface area (Å²) in [6.07, 6.45) is -0.0268. The molecule has 7 heteroatoms. The Morgan fingerprint density at radius 2 is 1.65 bits per heavy atom. The zero-order valence-electron chi connectivity index (χ0n) is 15.0. The van der Waals surface area contributed by atoms with Crippen molar-refractivity contribution in [2.45, 2.75) is 26.8 Å². The van der Waals surface area contributed by atoms with Crippen LogP contribution in [0, 0.1) is 11.8 Å². The van der Waals surface area contributed by atoms with Crippen LogP contribution in [-0.2, 0) is 35.2 Å². The number of likely N-dealkylation sites (tertiary alicyclic amines) is 1. The highest BCUT2D eigenvalue weighted by Crippen LogP contribution is 2.25. The molecule has 2 rings (SSSR count). The van der Waals surface area contributed by atoms with E-state index in [2.05, 4.69) is 0 Å². The Hall–Kier alpha value is -2.70. The summed E-state index contributed by atoms with van der Waals surface area (Å²) in [7, 11) is 0. The molecule has 1 heterocycles. The Morgan fingerprint density at radius 1 is 1.08 bits per heavy atom. The second-order valence-electron chi connectivity index (χ2n) is 6.00. The lowest BCUT2D eigenvalue weighted by molar-refractivity contribution is -0.165. The normalized spacial score (nSPS) is 16.7. The van der Waals surface area contributed by atoms with E-state index in [1.807, 2.05) is 30.3 Å². The molecule has 140 valence electrons. The van der Waals surface area contributed by atoms with Gasteiger partial charge in [-0.2, -0.15) is 0 Å². The third kappa shape index (κ3) is 4.68. The minimum absolute atomic E-state index is 0.0268. The van der Waals surface area contributed by atoms with E-state index in [0.717, 1.165) is 5.56 Å². The summed E-state index contributed by atoms with van der Waals surface area (Å²) in [5.41, 5.74) is 0.946. The maximum absolute atomic E-state index is 12.7. The van der Waals surface area contributed by atoms with E-state index in [1.54, 1.807) is 18.7 Å². The number of hydrogen-bond donors (Lipinski definition) is 0. The first-order valence-corrected chi connectivity index (χ1v) is 8.66. The summed E-state index contributed by atoms with van der Waals surface area (Å²) in [5.74, 6) is -5.02. The summed E-state index contributed by atoms with van der Waals surface area (Å²) < 4.78 is 9.68. The van der Waals surface area contributed by atoms with Gasteiger partial charge in [0.25, 0.3) is 0 Å². The summed E-state index contributed by atoms with van der Waals surface area (Å²) in [6.45, 7) is 3.82. The summed E-state index contributed by atoms with van der Waals surface area (Å²) in [5, 5.41) is 0. The van der Waals surface area contributed by atoms with Gasteiger partial charge in [-0.1, -0.05) is 30.3 Å². The van der Waals surface area contributed by atoms with Crippen molar-refractivity contribution in [3.05, 3.63) is 35.9 Å². The van der Waals surface area contributed by atoms with Crippen molar-refractivity contribution >= 4 is 23.6 Å². The number of esters is 2. The molecular formula is C19H23NO6. The monoisotopic (exact) mass is 361 g/mol. The summed E-state index contributed by atoms with van der Waals surface area (Å²) in [4.78, 5) is 50.7. The number of hydrogen-bond acceptors (Lipinski definition) is 6. The van der Waals surface area contributed by atoms with Gasteiger partial charge in [-0.25, -0.2) is 0 Å². The molecule has 1 atom stereocenters. The van der Waals surface area contributed by atoms with Crippen LogP contribution in [0.4, 0.5) is 0 Å². The molecule has 1 saturated heterocycles. The maximum atomic E-state index is 12.7. The molecule has 26 heavy (non-hydrogen) atoms. The Morgan fingerprint density at radius 3 is 2.19 bits per heavy atom. The third-order valence-electron chi connectivity index (χ3n) is 4.16. The number of benzene rings is 1. The lowest BCUT2D eigenvalue weighted by atomic mass is 9.92. The minimum atomic E-state index is -1.63. The van der Waals surface area contributed by atoms with Crippen LogP contribution in [0.25, 0.3) is 0 Å². The highest BCUT2D eigenvalue weighted by molar-refractivity contribution is 6.16. The number of carbonyl (C=O) groups excluding carboxylic acids is 4. The standard InChI is InChI=1S/C19H23NO6/c1-3-25-18(23)16(19(24)26-4-2)17(22)14-10-15(21)20(12-14)11-13-8-6-5-7-9-13/h5-9,14,16H,3-4,10-12H2,1-2H3. The van der Waals surface area contributed by atoms with Gasteiger partial charge < -0.3 is 14.4 Å². The second-order valence-corrected chi connectivity index (χ2v) is 6.00. The lowest BCUT2D eigenvalue weighted by Crippen LogP contribution is -2.39. The van der Waals surface area contributed by atoms with Crippen LogP contribution in [0.1, 0.15) is 25.8 Å². The molecule has 1 fully saturated rings. The predicted molar refractivity (Wildman–Crippen MR) is 91.7 cm³/mol. The van der Waals surface area contributed by atoms with E-state index in [-0.39, 0.29) is 32.1 Å². The van der Waals surface area contributed by atoms with Crippen LogP contribution in [0.15, 0.2) is 30.3 Å². The van der Waals surface area contributed by atoms with Crippen molar-refractivity contribution in [3.63, 3.8) is 0 Å². The van der Waals surface area contributed by atoms with Crippen molar-refractivity contribution in [3.8, 4) is 0 Å². The molecule has 0 spiro atoms. The fraction of sp³-hybridized carbons (Fsp3) is 0.474. The predicted octanol–water partition coefficient (Wildman–Crippen LogP) is 1.35. The van der Waals surface area contributed by atoms with E-state index >= 15 is 0 Å². The van der Waals surface area contributed by atoms with Crippen LogP contribution in [0.2, 0.25) is 0 Å². The van der Waals surface area contributed by atoms with E-state index in [4.69, 9.17) is 9.47 Å². The van der Waals surface area contributed by atoms with Gasteiger partial charge in [0, 0.05) is 25.4 Å². The van der Waals surface area contributed by atoms with Crippen LogP contribution in [-0.4, -0.2) is 48.3 Å². The van der Waals surface area contributed by atoms with Crippen molar-refractivity contribution in [2.24, 2.45) is 11.8 Å². The van der Waals surface area contributed by atoms with Crippen molar-refractivity contribution in [2.75, 3.05) is 19.8 Å². The quantitative estimate of drug-likeness (QED) is 0.513. The Balaban J connectivity index is 2.10. The van der Waals surface area contributed by atoms with Gasteiger partial charge in [0.05, 0.1) is 13.2 Å². The molecule has 0 aliphatic carbocycles. The molecular weight excluding hydrogens is 338 g/mol. The van der Waals surface area contributed by atoms with Gasteiger partial charge in [-0.15, -0.1) is 0 Å². The molecule has 0 bridgehead atoms. The van der Waals surface area contributed by atoms with E-state index in [1.165, 1.54) is 0 Å². The number of ketones is 1. The molecule has 0 aromatic heterocycles. The van der Waals surface area contributed by atoms with Crippen LogP contribution in [0.5, 0.6) is 0 Å². The minimum Gasteiger partial charge on any atom is -0.465 e. The molecule has 1 aromatic rings. The molecule has 0 radical (unpaired) electrons. The first kappa shape index (κ1) is 19.6. The molecule has 1 aliphatic heterocycles. The van der Waals surface area contributed by atoms with Gasteiger partial charge in [0.15, 0.2) is 5.78 Å². The average molecular weight is 361 g/mol. The summed E-state index contributed by atoms with van der Waals surface area (Å²) >= 11 is 0. The molecule has 7 nitrogen and oxygen atoms in total. The summed E-state index contributed by atoms with van der Waals surface area (Å²) in [6, 6.07) is 9.40. The number of nitrogens with zero attached hydrogens (tertiary/aromatic N) is 1. The topological polar surface area (TPSA) is 90.0 Å². The van der Waals surface area contributed by atoms with E-state index in [0.29, 0.717) is 6.54 Å². The highest BCUT2D eigenvalue weighted by atomic mass is 16.6. The molecule has 1 unspecified atom stereocenters. The number of rotatable bonds is 8. The molecule has 0 saturated carbocycles. The second kappa shape index (κ2) is 9.12. The van der Waals surface area contributed by atoms with E-state index < -0.39 is 29.6 Å². The SMILES string of the molecule is CCOC(=O)C(C(=O)OCC)C(=O)C1CC(=O)N(Cc2ccccc2)C1.